The highest BCUT2D eigenvalue weighted by Crippen LogP contribution is 2.30. The molecule has 30 heavy (non-hydrogen) atoms. The molecule has 0 spiro atoms. The standard InChI is InChI=1S/C21H24F2N4O3/c1-5-29-18-8-14(6-7-17(18)30-21(22)23)12-26(4)20(28)16-9-15-11-25-27(13(2)3)19(15)24-10-16/h6-11,13,21H,5,12H2,1-4H3. The Balaban J connectivity index is 1.78. The molecule has 1 aromatic carbocycles. The first kappa shape index (κ1) is 21.5. The summed E-state index contributed by atoms with van der Waals surface area (Å²) in [4.78, 5) is 18.8. The Morgan fingerprint density at radius 2 is 1.97 bits per heavy atom. The van der Waals surface area contributed by atoms with Gasteiger partial charge in [0.25, 0.3) is 5.91 Å². The molecule has 0 aliphatic carbocycles. The number of ether oxygens (including phenoxy) is 2. The van der Waals surface area contributed by atoms with Crippen LogP contribution < -0.4 is 9.47 Å². The Bertz CT molecular complexity index is 1040. The minimum absolute atomic E-state index is 0.0404. The summed E-state index contributed by atoms with van der Waals surface area (Å²) in [7, 11) is 1.66. The van der Waals surface area contributed by atoms with E-state index < -0.39 is 6.61 Å². The molecule has 0 aliphatic rings. The van der Waals surface area contributed by atoms with E-state index in [1.165, 1.54) is 17.2 Å². The van der Waals surface area contributed by atoms with Gasteiger partial charge in [-0.25, -0.2) is 9.67 Å². The number of halogens is 2. The van der Waals surface area contributed by atoms with Crippen molar-refractivity contribution in [3.05, 3.63) is 47.8 Å². The van der Waals surface area contributed by atoms with E-state index in [4.69, 9.17) is 4.74 Å². The smallest absolute Gasteiger partial charge is 0.387 e. The summed E-state index contributed by atoms with van der Waals surface area (Å²) in [5.41, 5.74) is 1.88. The zero-order chi connectivity index (χ0) is 21.8. The fourth-order valence-electron chi connectivity index (χ4n) is 3.11. The van der Waals surface area contributed by atoms with Crippen molar-refractivity contribution in [2.24, 2.45) is 0 Å². The van der Waals surface area contributed by atoms with Crippen molar-refractivity contribution >= 4 is 16.9 Å². The first-order valence-electron chi connectivity index (χ1n) is 9.59. The molecule has 0 saturated carbocycles. The second-order valence-electron chi connectivity index (χ2n) is 7.07. The topological polar surface area (TPSA) is 69.5 Å². The van der Waals surface area contributed by atoms with Gasteiger partial charge in [-0.15, -0.1) is 0 Å². The zero-order valence-electron chi connectivity index (χ0n) is 17.3. The van der Waals surface area contributed by atoms with Crippen molar-refractivity contribution in [3.8, 4) is 11.5 Å². The lowest BCUT2D eigenvalue weighted by molar-refractivity contribution is -0.0514. The van der Waals surface area contributed by atoms with Gasteiger partial charge < -0.3 is 14.4 Å². The second kappa shape index (κ2) is 9.06. The van der Waals surface area contributed by atoms with Crippen molar-refractivity contribution in [3.63, 3.8) is 0 Å². The molecule has 0 aliphatic heterocycles. The Labute approximate surface area is 173 Å². The monoisotopic (exact) mass is 418 g/mol. The maximum atomic E-state index is 12.9. The number of pyridine rings is 1. The third kappa shape index (κ3) is 4.67. The molecular weight excluding hydrogens is 394 g/mol. The summed E-state index contributed by atoms with van der Waals surface area (Å²) in [5.74, 6) is -0.0469. The third-order valence-corrected chi connectivity index (χ3v) is 4.46. The van der Waals surface area contributed by atoms with E-state index in [9.17, 15) is 13.6 Å². The van der Waals surface area contributed by atoms with Crippen molar-refractivity contribution in [1.82, 2.24) is 19.7 Å². The lowest BCUT2D eigenvalue weighted by Crippen LogP contribution is -2.26. The molecule has 3 rings (SSSR count). The molecule has 0 radical (unpaired) electrons. The Kier molecular flexibility index (Phi) is 6.49. The molecule has 9 heteroatoms. The van der Waals surface area contributed by atoms with E-state index in [0.717, 1.165) is 16.6 Å². The molecule has 0 unspecified atom stereocenters. The van der Waals surface area contributed by atoms with Gasteiger partial charge in [0.1, 0.15) is 0 Å². The van der Waals surface area contributed by atoms with Gasteiger partial charge in [-0.2, -0.15) is 13.9 Å². The number of benzene rings is 1. The van der Waals surface area contributed by atoms with Crippen LogP contribution in [0.4, 0.5) is 8.78 Å². The molecule has 3 aromatic rings. The molecule has 0 atom stereocenters. The first-order valence-corrected chi connectivity index (χ1v) is 9.59. The van der Waals surface area contributed by atoms with Gasteiger partial charge in [-0.1, -0.05) is 6.07 Å². The van der Waals surface area contributed by atoms with Crippen molar-refractivity contribution in [2.75, 3.05) is 13.7 Å². The third-order valence-electron chi connectivity index (χ3n) is 4.46. The van der Waals surface area contributed by atoms with E-state index >= 15 is 0 Å². The van der Waals surface area contributed by atoms with Crippen molar-refractivity contribution in [1.29, 1.82) is 0 Å². The Hall–Kier alpha value is -3.23. The minimum Gasteiger partial charge on any atom is -0.490 e. The fourth-order valence-corrected chi connectivity index (χ4v) is 3.11. The number of hydrogen-bond donors (Lipinski definition) is 0. The lowest BCUT2D eigenvalue weighted by Gasteiger charge is -2.19. The summed E-state index contributed by atoms with van der Waals surface area (Å²) in [5, 5.41) is 5.10. The van der Waals surface area contributed by atoms with Gasteiger partial charge in [0.2, 0.25) is 0 Å². The summed E-state index contributed by atoms with van der Waals surface area (Å²) < 4.78 is 36.8. The van der Waals surface area contributed by atoms with Crippen LogP contribution in [0.15, 0.2) is 36.7 Å². The number of nitrogens with zero attached hydrogens (tertiary/aromatic N) is 4. The van der Waals surface area contributed by atoms with Crippen LogP contribution in [0.5, 0.6) is 11.5 Å². The van der Waals surface area contributed by atoms with Gasteiger partial charge in [-0.05, 0) is 44.5 Å². The van der Waals surface area contributed by atoms with Gasteiger partial charge >= 0.3 is 6.61 Å². The van der Waals surface area contributed by atoms with Crippen LogP contribution in [0.3, 0.4) is 0 Å². The predicted molar refractivity (Wildman–Crippen MR) is 108 cm³/mol. The summed E-state index contributed by atoms with van der Waals surface area (Å²) in [6, 6.07) is 6.56. The summed E-state index contributed by atoms with van der Waals surface area (Å²) in [6.07, 6.45) is 3.22. The number of hydrogen-bond acceptors (Lipinski definition) is 5. The molecule has 1 amide bonds. The maximum absolute atomic E-state index is 12.9. The number of amides is 1. The van der Waals surface area contributed by atoms with E-state index in [1.54, 1.807) is 43.0 Å². The predicted octanol–water partition coefficient (Wildman–Crippen LogP) is 4.28. The van der Waals surface area contributed by atoms with Gasteiger partial charge in [0.15, 0.2) is 17.1 Å². The Morgan fingerprint density at radius 3 is 2.63 bits per heavy atom. The molecule has 2 aromatic heterocycles. The highest BCUT2D eigenvalue weighted by atomic mass is 19.3. The molecule has 0 fully saturated rings. The number of alkyl halides is 2. The summed E-state index contributed by atoms with van der Waals surface area (Å²) in [6.45, 7) is 3.38. The maximum Gasteiger partial charge on any atom is 0.387 e. The van der Waals surface area contributed by atoms with Crippen LogP contribution in [0.1, 0.15) is 42.7 Å². The molecular formula is C21H24F2N4O3. The van der Waals surface area contributed by atoms with Gasteiger partial charge in [0, 0.05) is 31.2 Å². The zero-order valence-corrected chi connectivity index (χ0v) is 17.3. The van der Waals surface area contributed by atoms with Crippen molar-refractivity contribution < 1.29 is 23.0 Å². The summed E-state index contributed by atoms with van der Waals surface area (Å²) >= 11 is 0. The average molecular weight is 418 g/mol. The molecule has 0 saturated heterocycles. The number of rotatable bonds is 8. The molecule has 0 bridgehead atoms. The van der Waals surface area contributed by atoms with Crippen LogP contribution in [-0.4, -0.2) is 45.8 Å². The van der Waals surface area contributed by atoms with Gasteiger partial charge in [-0.3, -0.25) is 4.79 Å². The molecule has 7 nitrogen and oxygen atoms in total. The minimum atomic E-state index is -2.94. The SMILES string of the molecule is CCOc1cc(CN(C)C(=O)c2cnc3c(cnn3C(C)C)c2)ccc1OC(F)F. The highest BCUT2D eigenvalue weighted by molar-refractivity contribution is 5.96. The lowest BCUT2D eigenvalue weighted by atomic mass is 10.1. The molecule has 160 valence electrons. The number of aromatic nitrogens is 3. The van der Waals surface area contributed by atoms with E-state index in [1.807, 2.05) is 13.8 Å². The van der Waals surface area contributed by atoms with E-state index in [2.05, 4.69) is 14.8 Å². The van der Waals surface area contributed by atoms with E-state index in [-0.39, 0.29) is 30.0 Å². The van der Waals surface area contributed by atoms with Crippen molar-refractivity contribution in [2.45, 2.75) is 40.0 Å². The number of carbonyl (C=O) groups is 1. The Morgan fingerprint density at radius 1 is 1.20 bits per heavy atom. The average Bonchev–Trinajstić information content (AvgIpc) is 3.12. The molecule has 0 N–H and O–H groups in total. The van der Waals surface area contributed by atoms with Crippen LogP contribution in [0.2, 0.25) is 0 Å². The van der Waals surface area contributed by atoms with Gasteiger partial charge in [0.05, 0.1) is 18.4 Å². The fraction of sp³-hybridized carbons (Fsp3) is 0.381. The number of fused-ring (bicyclic) bond motifs is 1. The second-order valence-corrected chi connectivity index (χ2v) is 7.07. The normalized spacial score (nSPS) is 11.3. The number of carbonyl (C=O) groups excluding carboxylic acids is 1. The first-order chi connectivity index (χ1) is 14.3. The largest absolute Gasteiger partial charge is 0.490 e. The quantitative estimate of drug-likeness (QED) is 0.546. The van der Waals surface area contributed by atoms with Crippen LogP contribution in [0, 0.1) is 0 Å². The highest BCUT2D eigenvalue weighted by Gasteiger charge is 2.17. The van der Waals surface area contributed by atoms with Crippen LogP contribution in [-0.2, 0) is 6.54 Å². The van der Waals surface area contributed by atoms with Crippen LogP contribution in [0.25, 0.3) is 11.0 Å². The van der Waals surface area contributed by atoms with Crippen LogP contribution >= 0.6 is 0 Å². The molecule has 2 heterocycles. The van der Waals surface area contributed by atoms with E-state index in [0.29, 0.717) is 12.2 Å².